The van der Waals surface area contributed by atoms with E-state index in [1.165, 1.54) is 74.4 Å². The summed E-state index contributed by atoms with van der Waals surface area (Å²) in [6.07, 6.45) is 0. The van der Waals surface area contributed by atoms with E-state index in [9.17, 15) is 0 Å². The number of hydrogen-bond acceptors (Lipinski definition) is 2. The van der Waals surface area contributed by atoms with Gasteiger partial charge in [0.1, 0.15) is 0 Å². The molecule has 0 unspecified atom stereocenters. The Labute approximate surface area is 282 Å². The number of hydrogen-bond donors (Lipinski definition) is 0. The highest BCUT2D eigenvalue weighted by Crippen LogP contribution is 2.46. The topological polar surface area (TPSA) is 3.24 Å². The van der Waals surface area contributed by atoms with Crippen molar-refractivity contribution in [3.63, 3.8) is 0 Å². The third-order valence-corrected chi connectivity index (χ3v) is 10.9. The first-order valence-electron chi connectivity index (χ1n) is 16.4. The molecule has 10 aromatic rings. The first-order chi connectivity index (χ1) is 23.8. The van der Waals surface area contributed by atoms with Gasteiger partial charge < -0.3 is 4.90 Å². The van der Waals surface area contributed by atoms with Gasteiger partial charge in [-0.15, -0.1) is 11.3 Å². The van der Waals surface area contributed by atoms with E-state index in [0.29, 0.717) is 0 Å². The van der Waals surface area contributed by atoms with Crippen molar-refractivity contribution >= 4 is 91.7 Å². The van der Waals surface area contributed by atoms with Crippen LogP contribution in [0.5, 0.6) is 0 Å². The van der Waals surface area contributed by atoms with Crippen molar-refractivity contribution in [2.75, 3.05) is 4.90 Å². The maximum absolute atomic E-state index is 2.46. The monoisotopic (exact) mass is 627 g/mol. The van der Waals surface area contributed by atoms with E-state index < -0.39 is 0 Å². The van der Waals surface area contributed by atoms with E-state index in [-0.39, 0.29) is 0 Å². The fourth-order valence-corrected chi connectivity index (χ4v) is 8.70. The summed E-state index contributed by atoms with van der Waals surface area (Å²) in [6, 6.07) is 64.6. The molecule has 0 amide bonds. The molecule has 1 heterocycles. The van der Waals surface area contributed by atoms with Gasteiger partial charge in [-0.05, 0) is 85.9 Å². The summed E-state index contributed by atoms with van der Waals surface area (Å²) >= 11 is 1.87. The minimum atomic E-state index is 1.14. The lowest BCUT2D eigenvalue weighted by atomic mass is 9.94. The summed E-state index contributed by atoms with van der Waals surface area (Å²) in [7, 11) is 0. The van der Waals surface area contributed by atoms with Gasteiger partial charge in [0.2, 0.25) is 0 Å². The number of thiophene rings is 1. The Morgan fingerprint density at radius 3 is 1.94 bits per heavy atom. The van der Waals surface area contributed by atoms with Crippen LogP contribution in [0, 0.1) is 0 Å². The Morgan fingerprint density at radius 1 is 0.354 bits per heavy atom. The summed E-state index contributed by atoms with van der Waals surface area (Å²) in [5, 5.41) is 12.6. The molecule has 0 N–H and O–H groups in total. The quantitative estimate of drug-likeness (QED) is 0.188. The maximum atomic E-state index is 2.46. The van der Waals surface area contributed by atoms with Gasteiger partial charge in [-0.3, -0.25) is 0 Å². The van der Waals surface area contributed by atoms with Gasteiger partial charge in [-0.25, -0.2) is 0 Å². The Hall–Kier alpha value is -5.96. The van der Waals surface area contributed by atoms with E-state index in [2.05, 4.69) is 181 Å². The smallest absolute Gasteiger partial charge is 0.0540 e. The van der Waals surface area contributed by atoms with E-state index >= 15 is 0 Å². The Bertz CT molecular complexity index is 2860. The van der Waals surface area contributed by atoms with Crippen molar-refractivity contribution < 1.29 is 0 Å². The van der Waals surface area contributed by atoms with Gasteiger partial charge in [0.25, 0.3) is 0 Å². The number of anilines is 3. The average Bonchev–Trinajstić information content (AvgIpc) is 3.54. The number of fused-ring (bicyclic) bond motifs is 8. The molecule has 0 atom stereocenters. The second kappa shape index (κ2) is 10.8. The van der Waals surface area contributed by atoms with Crippen molar-refractivity contribution in [1.82, 2.24) is 0 Å². The molecule has 9 aromatic carbocycles. The summed E-state index contributed by atoms with van der Waals surface area (Å²) in [6.45, 7) is 0. The zero-order chi connectivity index (χ0) is 31.6. The molecule has 0 aliphatic rings. The second-order valence-electron chi connectivity index (χ2n) is 12.5. The molecule has 0 radical (unpaired) electrons. The van der Waals surface area contributed by atoms with Crippen LogP contribution in [-0.4, -0.2) is 0 Å². The van der Waals surface area contributed by atoms with Crippen LogP contribution in [-0.2, 0) is 0 Å². The Morgan fingerprint density at radius 2 is 1.04 bits per heavy atom. The average molecular weight is 628 g/mol. The molecule has 0 aliphatic carbocycles. The van der Waals surface area contributed by atoms with Crippen molar-refractivity contribution in [1.29, 1.82) is 0 Å². The van der Waals surface area contributed by atoms with Crippen molar-refractivity contribution in [3.05, 3.63) is 176 Å². The first kappa shape index (κ1) is 27.2. The van der Waals surface area contributed by atoms with Crippen molar-refractivity contribution in [2.24, 2.45) is 0 Å². The predicted molar refractivity (Wildman–Crippen MR) is 209 cm³/mol. The predicted octanol–water partition coefficient (Wildman–Crippen LogP) is 13.8. The third kappa shape index (κ3) is 4.24. The molecule has 224 valence electrons. The first-order valence-corrected chi connectivity index (χ1v) is 17.2. The van der Waals surface area contributed by atoms with Crippen LogP contribution >= 0.6 is 11.3 Å². The summed E-state index contributed by atoms with van der Waals surface area (Å²) < 4.78 is 2.66. The number of rotatable bonds is 4. The molecule has 1 nitrogen and oxygen atoms in total. The van der Waals surface area contributed by atoms with Crippen molar-refractivity contribution in [3.8, 4) is 11.1 Å². The number of nitrogens with zero attached hydrogens (tertiary/aromatic N) is 1. The van der Waals surface area contributed by atoms with E-state index in [1.807, 2.05) is 11.3 Å². The minimum absolute atomic E-state index is 1.14. The molecule has 0 aliphatic heterocycles. The second-order valence-corrected chi connectivity index (χ2v) is 13.6. The van der Waals surface area contributed by atoms with Crippen LogP contribution in [0.3, 0.4) is 0 Å². The van der Waals surface area contributed by atoms with Gasteiger partial charge in [0.05, 0.1) is 11.4 Å². The summed E-state index contributed by atoms with van der Waals surface area (Å²) in [5.41, 5.74) is 5.93. The molecule has 0 spiro atoms. The lowest BCUT2D eigenvalue weighted by molar-refractivity contribution is 1.32. The van der Waals surface area contributed by atoms with Gasteiger partial charge >= 0.3 is 0 Å². The van der Waals surface area contributed by atoms with E-state index in [1.54, 1.807) is 0 Å². The van der Waals surface area contributed by atoms with E-state index in [0.717, 1.165) is 17.1 Å². The van der Waals surface area contributed by atoms with Crippen LogP contribution < -0.4 is 4.90 Å². The normalized spacial score (nSPS) is 11.8. The van der Waals surface area contributed by atoms with Crippen LogP contribution in [0.4, 0.5) is 17.1 Å². The van der Waals surface area contributed by atoms with E-state index in [4.69, 9.17) is 0 Å². The van der Waals surface area contributed by atoms with Gasteiger partial charge in [-0.2, -0.15) is 0 Å². The Kier molecular flexibility index (Phi) is 6.12. The van der Waals surface area contributed by atoms with Crippen molar-refractivity contribution in [2.45, 2.75) is 0 Å². The highest BCUT2D eigenvalue weighted by atomic mass is 32.1. The maximum Gasteiger partial charge on any atom is 0.0540 e. The van der Waals surface area contributed by atoms with Crippen LogP contribution in [0.15, 0.2) is 176 Å². The fraction of sp³-hybridized carbons (Fsp3) is 0. The molecule has 48 heavy (non-hydrogen) atoms. The fourth-order valence-electron chi connectivity index (χ4n) is 7.58. The molecule has 0 fully saturated rings. The third-order valence-electron chi connectivity index (χ3n) is 9.81. The molecule has 10 rings (SSSR count). The zero-order valence-electron chi connectivity index (χ0n) is 26.1. The van der Waals surface area contributed by atoms with Crippen LogP contribution in [0.25, 0.3) is 74.4 Å². The zero-order valence-corrected chi connectivity index (χ0v) is 26.9. The van der Waals surface area contributed by atoms with Gasteiger partial charge in [0, 0.05) is 36.6 Å². The Balaban J connectivity index is 1.23. The lowest BCUT2D eigenvalue weighted by Crippen LogP contribution is -2.11. The molecule has 0 bridgehead atoms. The summed E-state index contributed by atoms with van der Waals surface area (Å²) in [5.74, 6) is 0. The van der Waals surface area contributed by atoms with Gasteiger partial charge in [0.15, 0.2) is 0 Å². The SMILES string of the molecule is c1ccc2cc(-c3ccc(N(c4ccc5c(ccc6sc7ccccc7c65)c4)c4cccc5ccccc45)c4ccccc34)ccc2c1. The molecule has 0 saturated carbocycles. The number of benzene rings is 9. The van der Waals surface area contributed by atoms with Crippen LogP contribution in [0.2, 0.25) is 0 Å². The van der Waals surface area contributed by atoms with Crippen LogP contribution in [0.1, 0.15) is 0 Å². The minimum Gasteiger partial charge on any atom is -0.309 e. The standard InChI is InChI=1S/C46H29NS/c1-2-12-32-28-33(21-20-30(32)10-1)36-25-26-43(40-16-6-5-15-39(36)40)47(42-18-9-13-31-11-3-4-14-37(31)42)35-23-24-38-34(29-35)22-27-45-46(38)41-17-7-8-19-44(41)48-45/h1-29H. The van der Waals surface area contributed by atoms with Gasteiger partial charge in [-0.1, -0.05) is 133 Å². The molecule has 1 aromatic heterocycles. The highest BCUT2D eigenvalue weighted by Gasteiger charge is 2.20. The summed E-state index contributed by atoms with van der Waals surface area (Å²) in [4.78, 5) is 2.46. The highest BCUT2D eigenvalue weighted by molar-refractivity contribution is 7.26. The largest absolute Gasteiger partial charge is 0.309 e. The molecular formula is C46H29NS. The lowest BCUT2D eigenvalue weighted by Gasteiger charge is -2.29. The molecule has 2 heteroatoms. The molecule has 0 saturated heterocycles. The molecular weight excluding hydrogens is 599 g/mol.